The van der Waals surface area contributed by atoms with Gasteiger partial charge in [0.05, 0.1) is 24.8 Å². The van der Waals surface area contributed by atoms with Crippen molar-refractivity contribution in [3.8, 4) is 0 Å². The van der Waals surface area contributed by atoms with Gasteiger partial charge in [0.1, 0.15) is 0 Å². The van der Waals surface area contributed by atoms with Crippen molar-refractivity contribution in [3.05, 3.63) is 36.0 Å². The molecule has 1 aromatic heterocycles. The van der Waals surface area contributed by atoms with E-state index in [1.807, 2.05) is 37.3 Å². The fourth-order valence-corrected chi connectivity index (χ4v) is 1.99. The summed E-state index contributed by atoms with van der Waals surface area (Å²) in [5.41, 5.74) is 2.88. The first kappa shape index (κ1) is 12.8. The largest absolute Gasteiger partial charge is 0.394 e. The number of hydrogen-bond donors (Lipinski definition) is 2. The van der Waals surface area contributed by atoms with Gasteiger partial charge in [-0.25, -0.2) is 0 Å². The molecule has 2 aromatic rings. The average molecular weight is 246 g/mol. The molecule has 1 heterocycles. The molecule has 96 valence electrons. The zero-order valence-electron chi connectivity index (χ0n) is 10.7. The second-order valence-corrected chi connectivity index (χ2v) is 4.31. The highest BCUT2D eigenvalue weighted by molar-refractivity contribution is 5.91. The van der Waals surface area contributed by atoms with Crippen LogP contribution in [0.25, 0.3) is 10.9 Å². The Morgan fingerprint density at radius 3 is 2.89 bits per heavy atom. The molecule has 1 aromatic carbocycles. The van der Waals surface area contributed by atoms with Crippen LogP contribution in [0.3, 0.4) is 0 Å². The molecule has 0 aliphatic rings. The number of nitrogens with one attached hydrogen (secondary N) is 1. The van der Waals surface area contributed by atoms with Crippen LogP contribution < -0.4 is 5.32 Å². The summed E-state index contributed by atoms with van der Waals surface area (Å²) in [4.78, 5) is 4.48. The van der Waals surface area contributed by atoms with Crippen LogP contribution in [0.4, 0.5) is 5.69 Å². The minimum Gasteiger partial charge on any atom is -0.394 e. The van der Waals surface area contributed by atoms with Crippen molar-refractivity contribution < 1.29 is 9.84 Å². The molecule has 2 rings (SSSR count). The van der Waals surface area contributed by atoms with Crippen molar-refractivity contribution in [2.45, 2.75) is 13.0 Å². The summed E-state index contributed by atoms with van der Waals surface area (Å²) < 4.78 is 5.07. The average Bonchev–Trinajstić information content (AvgIpc) is 2.38. The molecule has 0 aliphatic carbocycles. The number of ether oxygens (including phenoxy) is 1. The Labute approximate surface area is 107 Å². The molecule has 1 atom stereocenters. The number of hydrogen-bond acceptors (Lipinski definition) is 4. The number of fused-ring (bicyclic) bond motifs is 1. The number of methoxy groups -OCH3 is 1. The summed E-state index contributed by atoms with van der Waals surface area (Å²) in [6.07, 6.45) is 0. The van der Waals surface area contributed by atoms with E-state index in [2.05, 4.69) is 10.3 Å². The first-order valence-corrected chi connectivity index (χ1v) is 5.97. The quantitative estimate of drug-likeness (QED) is 0.846. The lowest BCUT2D eigenvalue weighted by molar-refractivity contribution is 0.153. The first-order valence-electron chi connectivity index (χ1n) is 5.97. The van der Waals surface area contributed by atoms with E-state index in [0.29, 0.717) is 6.61 Å². The molecule has 0 saturated heterocycles. The van der Waals surface area contributed by atoms with Crippen molar-refractivity contribution in [2.24, 2.45) is 0 Å². The highest BCUT2D eigenvalue weighted by atomic mass is 16.5. The zero-order chi connectivity index (χ0) is 13.0. The van der Waals surface area contributed by atoms with E-state index in [4.69, 9.17) is 4.74 Å². The number of aliphatic hydroxyl groups excluding tert-OH is 1. The molecule has 0 spiro atoms. The molecule has 0 amide bonds. The van der Waals surface area contributed by atoms with E-state index in [-0.39, 0.29) is 12.6 Å². The van der Waals surface area contributed by atoms with Crippen molar-refractivity contribution in [2.75, 3.05) is 25.6 Å². The molecule has 0 saturated carbocycles. The third kappa shape index (κ3) is 2.78. The van der Waals surface area contributed by atoms with Crippen LogP contribution in [-0.4, -0.2) is 36.5 Å². The Kier molecular flexibility index (Phi) is 4.12. The maximum atomic E-state index is 9.30. The SMILES string of the molecule is COCC(CO)Nc1cc(C)nc2ccccc12. The Morgan fingerprint density at radius 2 is 2.17 bits per heavy atom. The fraction of sp³-hybridized carbons (Fsp3) is 0.357. The van der Waals surface area contributed by atoms with E-state index in [1.54, 1.807) is 7.11 Å². The summed E-state index contributed by atoms with van der Waals surface area (Å²) in [6.45, 7) is 2.46. The number of aryl methyl sites for hydroxylation is 1. The molecule has 2 N–H and O–H groups in total. The van der Waals surface area contributed by atoms with Crippen LogP contribution in [0, 0.1) is 6.92 Å². The van der Waals surface area contributed by atoms with Gasteiger partial charge in [-0.2, -0.15) is 0 Å². The lowest BCUT2D eigenvalue weighted by Gasteiger charge is -2.18. The Bertz CT molecular complexity index is 528. The lowest BCUT2D eigenvalue weighted by atomic mass is 10.1. The van der Waals surface area contributed by atoms with E-state index >= 15 is 0 Å². The van der Waals surface area contributed by atoms with Gasteiger partial charge in [0.2, 0.25) is 0 Å². The monoisotopic (exact) mass is 246 g/mol. The minimum atomic E-state index is -0.111. The van der Waals surface area contributed by atoms with Crippen LogP contribution in [0.2, 0.25) is 0 Å². The lowest BCUT2D eigenvalue weighted by Crippen LogP contribution is -2.28. The van der Waals surface area contributed by atoms with E-state index in [0.717, 1.165) is 22.3 Å². The molecule has 0 bridgehead atoms. The Morgan fingerprint density at radius 1 is 1.39 bits per heavy atom. The van der Waals surface area contributed by atoms with E-state index in [9.17, 15) is 5.11 Å². The van der Waals surface area contributed by atoms with Crippen LogP contribution in [0.15, 0.2) is 30.3 Å². The molecule has 0 fully saturated rings. The molecular formula is C14H18N2O2. The second-order valence-electron chi connectivity index (χ2n) is 4.31. The van der Waals surface area contributed by atoms with Gasteiger partial charge in [-0.1, -0.05) is 18.2 Å². The van der Waals surface area contributed by atoms with Crippen molar-refractivity contribution in [1.29, 1.82) is 0 Å². The summed E-state index contributed by atoms with van der Waals surface area (Å²) >= 11 is 0. The van der Waals surface area contributed by atoms with Gasteiger partial charge in [-0.15, -0.1) is 0 Å². The summed E-state index contributed by atoms with van der Waals surface area (Å²) in [5, 5.41) is 13.7. The van der Waals surface area contributed by atoms with Crippen LogP contribution >= 0.6 is 0 Å². The molecule has 4 nitrogen and oxygen atoms in total. The highest BCUT2D eigenvalue weighted by Gasteiger charge is 2.09. The number of benzene rings is 1. The highest BCUT2D eigenvalue weighted by Crippen LogP contribution is 2.23. The molecule has 1 unspecified atom stereocenters. The second kappa shape index (κ2) is 5.80. The van der Waals surface area contributed by atoms with Gasteiger partial charge in [0, 0.05) is 23.9 Å². The zero-order valence-corrected chi connectivity index (χ0v) is 10.7. The summed E-state index contributed by atoms with van der Waals surface area (Å²) in [5.74, 6) is 0. The summed E-state index contributed by atoms with van der Waals surface area (Å²) in [6, 6.07) is 9.83. The standard InChI is InChI=1S/C14H18N2O2/c1-10-7-14(16-11(8-17)9-18-2)12-5-3-4-6-13(12)15-10/h3-7,11,17H,8-9H2,1-2H3,(H,15,16). The summed E-state index contributed by atoms with van der Waals surface area (Å²) in [7, 11) is 1.63. The van der Waals surface area contributed by atoms with E-state index < -0.39 is 0 Å². The maximum Gasteiger partial charge on any atom is 0.0726 e. The van der Waals surface area contributed by atoms with Crippen LogP contribution in [-0.2, 0) is 4.74 Å². The number of aromatic nitrogens is 1. The number of anilines is 1. The number of aliphatic hydroxyl groups is 1. The Balaban J connectivity index is 2.37. The van der Waals surface area contributed by atoms with Gasteiger partial charge in [-0.3, -0.25) is 4.98 Å². The van der Waals surface area contributed by atoms with Crippen LogP contribution in [0.1, 0.15) is 5.69 Å². The van der Waals surface area contributed by atoms with Gasteiger partial charge < -0.3 is 15.2 Å². The van der Waals surface area contributed by atoms with Gasteiger partial charge >= 0.3 is 0 Å². The minimum absolute atomic E-state index is 0.0313. The van der Waals surface area contributed by atoms with Crippen molar-refractivity contribution in [1.82, 2.24) is 4.98 Å². The molecular weight excluding hydrogens is 228 g/mol. The Hall–Kier alpha value is -1.65. The predicted octanol–water partition coefficient (Wildman–Crippen LogP) is 1.96. The number of para-hydroxylation sites is 1. The third-order valence-electron chi connectivity index (χ3n) is 2.79. The van der Waals surface area contributed by atoms with Crippen molar-refractivity contribution in [3.63, 3.8) is 0 Å². The van der Waals surface area contributed by atoms with Gasteiger partial charge in [0.25, 0.3) is 0 Å². The predicted molar refractivity (Wildman–Crippen MR) is 72.9 cm³/mol. The normalized spacial score (nSPS) is 12.6. The molecule has 0 radical (unpaired) electrons. The van der Waals surface area contributed by atoms with Gasteiger partial charge in [-0.05, 0) is 19.1 Å². The molecule has 4 heteroatoms. The number of nitrogens with zero attached hydrogens (tertiary/aromatic N) is 1. The van der Waals surface area contributed by atoms with Crippen LogP contribution in [0.5, 0.6) is 0 Å². The fourth-order valence-electron chi connectivity index (χ4n) is 1.99. The van der Waals surface area contributed by atoms with Gasteiger partial charge in [0.15, 0.2) is 0 Å². The molecule has 0 aliphatic heterocycles. The number of pyridine rings is 1. The smallest absolute Gasteiger partial charge is 0.0726 e. The number of rotatable bonds is 5. The van der Waals surface area contributed by atoms with E-state index in [1.165, 1.54) is 0 Å². The topological polar surface area (TPSA) is 54.4 Å². The first-order chi connectivity index (χ1) is 8.74. The molecule has 18 heavy (non-hydrogen) atoms. The van der Waals surface area contributed by atoms with Crippen molar-refractivity contribution >= 4 is 16.6 Å². The third-order valence-corrected chi connectivity index (χ3v) is 2.79. The maximum absolute atomic E-state index is 9.30.